The minimum Gasteiger partial charge on any atom is -0.390 e. The summed E-state index contributed by atoms with van der Waals surface area (Å²) >= 11 is 0. The van der Waals surface area contributed by atoms with E-state index >= 15 is 0 Å². The lowest BCUT2D eigenvalue weighted by atomic mass is 9.88. The molecule has 1 rings (SSSR count). The van der Waals surface area contributed by atoms with Gasteiger partial charge in [-0.25, -0.2) is 0 Å². The lowest BCUT2D eigenvalue weighted by molar-refractivity contribution is -0.0717. The van der Waals surface area contributed by atoms with Crippen LogP contribution in [0.5, 0.6) is 0 Å². The summed E-state index contributed by atoms with van der Waals surface area (Å²) in [5, 5.41) is 28.0. The summed E-state index contributed by atoms with van der Waals surface area (Å²) in [6.45, 7) is 0. The second kappa shape index (κ2) is 4.69. The first kappa shape index (κ1) is 10.6. The number of aliphatic hydroxyl groups excluding tert-OH is 3. The average molecular weight is 187 g/mol. The monoisotopic (exact) mass is 187 g/mol. The molecule has 4 nitrogen and oxygen atoms in total. The quantitative estimate of drug-likeness (QED) is 0.510. The lowest BCUT2D eigenvalue weighted by Crippen LogP contribution is -2.39. The van der Waals surface area contributed by atoms with Crippen LogP contribution in [0.4, 0.5) is 0 Å². The SMILES string of the molecule is O=[C]C1CCC(O)C(O)C(O)CC1. The first-order valence-electron chi connectivity index (χ1n) is 4.57. The zero-order valence-corrected chi connectivity index (χ0v) is 7.39. The van der Waals surface area contributed by atoms with E-state index in [2.05, 4.69) is 0 Å². The fourth-order valence-electron chi connectivity index (χ4n) is 1.60. The summed E-state index contributed by atoms with van der Waals surface area (Å²) in [6.07, 6.45) is 0.711. The molecule has 0 aromatic heterocycles. The van der Waals surface area contributed by atoms with E-state index in [1.54, 1.807) is 0 Å². The zero-order chi connectivity index (χ0) is 9.84. The van der Waals surface area contributed by atoms with Crippen molar-refractivity contribution in [2.45, 2.75) is 44.0 Å². The molecule has 13 heavy (non-hydrogen) atoms. The molecule has 0 aromatic carbocycles. The maximum Gasteiger partial charge on any atom is 0.201 e. The molecular weight excluding hydrogens is 172 g/mol. The first-order chi connectivity index (χ1) is 6.15. The third-order valence-electron chi connectivity index (χ3n) is 2.58. The second-order valence-corrected chi connectivity index (χ2v) is 3.59. The molecule has 0 spiro atoms. The molecule has 75 valence electrons. The summed E-state index contributed by atoms with van der Waals surface area (Å²) < 4.78 is 0. The molecule has 1 fully saturated rings. The van der Waals surface area contributed by atoms with Crippen LogP contribution in [0.15, 0.2) is 0 Å². The van der Waals surface area contributed by atoms with Crippen LogP contribution in [0, 0.1) is 5.92 Å². The van der Waals surface area contributed by atoms with Gasteiger partial charge in [-0.15, -0.1) is 0 Å². The summed E-state index contributed by atoms with van der Waals surface area (Å²) in [6, 6.07) is 0. The van der Waals surface area contributed by atoms with Crippen LogP contribution in [0.25, 0.3) is 0 Å². The maximum absolute atomic E-state index is 10.4. The van der Waals surface area contributed by atoms with Gasteiger partial charge in [-0.3, -0.25) is 4.79 Å². The molecule has 1 radical (unpaired) electrons. The second-order valence-electron chi connectivity index (χ2n) is 3.59. The van der Waals surface area contributed by atoms with Gasteiger partial charge in [-0.05, 0) is 25.7 Å². The Hall–Kier alpha value is -0.450. The predicted octanol–water partition coefficient (Wildman–Crippen LogP) is -0.631. The highest BCUT2D eigenvalue weighted by Crippen LogP contribution is 2.21. The number of rotatable bonds is 1. The Morgan fingerprint density at radius 3 is 1.77 bits per heavy atom. The summed E-state index contributed by atoms with van der Waals surface area (Å²) in [5.74, 6) is -0.211. The zero-order valence-electron chi connectivity index (χ0n) is 7.39. The van der Waals surface area contributed by atoms with Gasteiger partial charge in [0.2, 0.25) is 6.29 Å². The number of hydrogen-bond donors (Lipinski definition) is 3. The van der Waals surface area contributed by atoms with E-state index in [-0.39, 0.29) is 5.92 Å². The number of carbonyl (C=O) groups excluding carboxylic acids is 1. The van der Waals surface area contributed by atoms with E-state index in [4.69, 9.17) is 0 Å². The predicted molar refractivity (Wildman–Crippen MR) is 45.7 cm³/mol. The topological polar surface area (TPSA) is 77.8 Å². The Labute approximate surface area is 77.2 Å². The molecule has 2 unspecified atom stereocenters. The Bertz CT molecular complexity index is 157. The van der Waals surface area contributed by atoms with Crippen molar-refractivity contribution in [2.75, 3.05) is 0 Å². The third kappa shape index (κ3) is 2.76. The van der Waals surface area contributed by atoms with E-state index in [1.165, 1.54) is 0 Å². The minimum absolute atomic E-state index is 0.211. The van der Waals surface area contributed by atoms with Crippen molar-refractivity contribution in [1.29, 1.82) is 0 Å². The smallest absolute Gasteiger partial charge is 0.201 e. The molecule has 2 atom stereocenters. The van der Waals surface area contributed by atoms with Gasteiger partial charge in [0.15, 0.2) is 0 Å². The van der Waals surface area contributed by atoms with Gasteiger partial charge in [0.25, 0.3) is 0 Å². The Morgan fingerprint density at radius 1 is 0.923 bits per heavy atom. The lowest BCUT2D eigenvalue weighted by Gasteiger charge is -2.27. The molecule has 0 amide bonds. The Morgan fingerprint density at radius 2 is 1.38 bits per heavy atom. The summed E-state index contributed by atoms with van der Waals surface area (Å²) in [5.41, 5.74) is 0. The molecule has 1 saturated carbocycles. The normalized spacial score (nSPS) is 42.1. The standard InChI is InChI=1S/C9H15O4/c10-5-6-1-3-7(11)9(13)8(12)4-2-6/h6-9,11-13H,1-4H2. The molecule has 0 heterocycles. The highest BCUT2D eigenvalue weighted by atomic mass is 16.4. The van der Waals surface area contributed by atoms with Gasteiger partial charge >= 0.3 is 0 Å². The van der Waals surface area contributed by atoms with Crippen molar-refractivity contribution in [3.05, 3.63) is 0 Å². The molecule has 0 aromatic rings. The van der Waals surface area contributed by atoms with E-state index in [0.717, 1.165) is 0 Å². The molecule has 1 aliphatic carbocycles. The van der Waals surface area contributed by atoms with E-state index < -0.39 is 18.3 Å². The molecule has 1 aliphatic rings. The first-order valence-corrected chi connectivity index (χ1v) is 4.57. The van der Waals surface area contributed by atoms with Crippen molar-refractivity contribution in [2.24, 2.45) is 5.92 Å². The van der Waals surface area contributed by atoms with Crippen LogP contribution in [-0.2, 0) is 4.79 Å². The highest BCUT2D eigenvalue weighted by Gasteiger charge is 2.28. The van der Waals surface area contributed by atoms with Crippen molar-refractivity contribution < 1.29 is 20.1 Å². The van der Waals surface area contributed by atoms with E-state index in [1.807, 2.05) is 6.29 Å². The molecule has 0 bridgehead atoms. The van der Waals surface area contributed by atoms with Crippen LogP contribution in [0.3, 0.4) is 0 Å². The largest absolute Gasteiger partial charge is 0.390 e. The highest BCUT2D eigenvalue weighted by molar-refractivity contribution is 5.54. The number of aliphatic hydroxyl groups is 3. The fourth-order valence-corrected chi connectivity index (χ4v) is 1.60. The molecule has 0 aliphatic heterocycles. The minimum atomic E-state index is -1.08. The molecular formula is C9H15O4. The van der Waals surface area contributed by atoms with Crippen LogP contribution >= 0.6 is 0 Å². The Kier molecular flexibility index (Phi) is 3.84. The van der Waals surface area contributed by atoms with Gasteiger partial charge in [0.05, 0.1) is 12.2 Å². The van der Waals surface area contributed by atoms with Gasteiger partial charge in [0.1, 0.15) is 6.10 Å². The van der Waals surface area contributed by atoms with Gasteiger partial charge in [-0.2, -0.15) is 0 Å². The molecule has 4 heteroatoms. The van der Waals surface area contributed by atoms with Crippen molar-refractivity contribution >= 4 is 6.29 Å². The fraction of sp³-hybridized carbons (Fsp3) is 0.889. The third-order valence-corrected chi connectivity index (χ3v) is 2.58. The van der Waals surface area contributed by atoms with Crippen LogP contribution < -0.4 is 0 Å². The summed E-state index contributed by atoms with van der Waals surface area (Å²) in [4.78, 5) is 10.4. The van der Waals surface area contributed by atoms with Gasteiger partial charge in [-0.1, -0.05) is 0 Å². The van der Waals surface area contributed by atoms with E-state index in [9.17, 15) is 20.1 Å². The summed E-state index contributed by atoms with van der Waals surface area (Å²) in [7, 11) is 0. The van der Waals surface area contributed by atoms with Gasteiger partial charge in [0, 0.05) is 5.92 Å². The molecule has 0 saturated heterocycles. The molecule has 3 N–H and O–H groups in total. The average Bonchev–Trinajstić information content (AvgIpc) is 2.14. The van der Waals surface area contributed by atoms with Crippen molar-refractivity contribution in [1.82, 2.24) is 0 Å². The van der Waals surface area contributed by atoms with Crippen molar-refractivity contribution in [3.8, 4) is 0 Å². The maximum atomic E-state index is 10.4. The van der Waals surface area contributed by atoms with Crippen LogP contribution in [0.2, 0.25) is 0 Å². The van der Waals surface area contributed by atoms with E-state index in [0.29, 0.717) is 25.7 Å². The Balaban J connectivity index is 2.53. The van der Waals surface area contributed by atoms with Gasteiger partial charge < -0.3 is 15.3 Å². The van der Waals surface area contributed by atoms with Crippen LogP contribution in [0.1, 0.15) is 25.7 Å². The number of hydrogen-bond acceptors (Lipinski definition) is 4. The van der Waals surface area contributed by atoms with Crippen LogP contribution in [-0.4, -0.2) is 39.9 Å². The van der Waals surface area contributed by atoms with Crippen molar-refractivity contribution in [3.63, 3.8) is 0 Å².